The zero-order valence-corrected chi connectivity index (χ0v) is 14.3. The lowest BCUT2D eigenvalue weighted by Crippen LogP contribution is -2.29. The minimum absolute atomic E-state index is 0.254. The molecule has 23 heavy (non-hydrogen) atoms. The number of benzene rings is 1. The lowest BCUT2D eigenvalue weighted by molar-refractivity contribution is 0.582. The van der Waals surface area contributed by atoms with E-state index in [1.165, 1.54) is 0 Å². The Morgan fingerprint density at radius 1 is 1.17 bits per heavy atom. The van der Waals surface area contributed by atoms with Crippen LogP contribution in [0.2, 0.25) is 0 Å². The molecule has 0 saturated carbocycles. The molecule has 0 radical (unpaired) electrons. The molecule has 0 aliphatic carbocycles. The van der Waals surface area contributed by atoms with Gasteiger partial charge in [-0.1, -0.05) is 12.1 Å². The second-order valence-electron chi connectivity index (χ2n) is 5.33. The van der Waals surface area contributed by atoms with Gasteiger partial charge in [0.05, 0.1) is 16.8 Å². The number of hydrogen-bond acceptors (Lipinski definition) is 6. The van der Waals surface area contributed by atoms with Gasteiger partial charge in [0.25, 0.3) is 0 Å². The van der Waals surface area contributed by atoms with Gasteiger partial charge in [0.15, 0.2) is 5.82 Å². The summed E-state index contributed by atoms with van der Waals surface area (Å²) in [4.78, 5) is 2.19. The second kappa shape index (κ2) is 7.38. The Hall–Kier alpha value is -2.19. The van der Waals surface area contributed by atoms with Gasteiger partial charge in [0, 0.05) is 33.3 Å². The summed E-state index contributed by atoms with van der Waals surface area (Å²) in [6, 6.07) is 8.65. The van der Waals surface area contributed by atoms with E-state index < -0.39 is 10.0 Å². The summed E-state index contributed by atoms with van der Waals surface area (Å²) >= 11 is 0. The van der Waals surface area contributed by atoms with Crippen LogP contribution in [0.5, 0.6) is 0 Å². The molecule has 1 aromatic carbocycles. The van der Waals surface area contributed by atoms with Crippen molar-refractivity contribution in [3.05, 3.63) is 42.1 Å². The molecule has 0 saturated heterocycles. The smallest absolute Gasteiger partial charge is 0.240 e. The van der Waals surface area contributed by atoms with Crippen LogP contribution < -0.4 is 14.9 Å². The maximum absolute atomic E-state index is 12.2. The van der Waals surface area contributed by atoms with E-state index in [-0.39, 0.29) is 11.4 Å². The molecular weight excluding hydrogens is 314 g/mol. The summed E-state index contributed by atoms with van der Waals surface area (Å²) in [5.74, 6) is 0.603. The molecule has 0 aliphatic heterocycles. The van der Waals surface area contributed by atoms with Crippen LogP contribution in [-0.4, -0.2) is 45.8 Å². The predicted molar refractivity (Wildman–Crippen MR) is 91.2 cm³/mol. The van der Waals surface area contributed by atoms with Crippen LogP contribution in [0.1, 0.15) is 5.56 Å². The average molecular weight is 335 g/mol. The van der Waals surface area contributed by atoms with E-state index >= 15 is 0 Å². The van der Waals surface area contributed by atoms with Crippen molar-refractivity contribution in [2.75, 3.05) is 37.4 Å². The van der Waals surface area contributed by atoms with Crippen LogP contribution in [0.4, 0.5) is 11.5 Å². The Morgan fingerprint density at radius 3 is 2.65 bits per heavy atom. The number of aromatic nitrogens is 2. The maximum Gasteiger partial charge on any atom is 0.240 e. The van der Waals surface area contributed by atoms with E-state index in [4.69, 9.17) is 0 Å². The summed E-state index contributed by atoms with van der Waals surface area (Å²) in [6.07, 6.45) is 1.66. The maximum atomic E-state index is 12.2. The van der Waals surface area contributed by atoms with E-state index in [0.717, 1.165) is 11.3 Å². The second-order valence-corrected chi connectivity index (χ2v) is 7.10. The first-order chi connectivity index (χ1) is 10.9. The number of aryl methyl sites for hydroxylation is 1. The van der Waals surface area contributed by atoms with Gasteiger partial charge in [-0.25, -0.2) is 13.1 Å². The lowest BCUT2D eigenvalue weighted by Gasteiger charge is -2.13. The fourth-order valence-corrected chi connectivity index (χ4v) is 3.07. The minimum Gasteiger partial charge on any atom is -0.376 e. The largest absolute Gasteiger partial charge is 0.376 e. The normalized spacial score (nSPS) is 11.3. The topological polar surface area (TPSA) is 87.2 Å². The molecule has 0 atom stereocenters. The molecule has 7 nitrogen and oxygen atoms in total. The van der Waals surface area contributed by atoms with E-state index in [1.54, 1.807) is 24.4 Å². The summed E-state index contributed by atoms with van der Waals surface area (Å²) < 4.78 is 26.9. The fraction of sp³-hybridized carbons (Fsp3) is 0.333. The highest BCUT2D eigenvalue weighted by Gasteiger charge is 2.12. The number of nitrogens with one attached hydrogen (secondary N) is 2. The van der Waals surface area contributed by atoms with Gasteiger partial charge in [0.1, 0.15) is 0 Å². The molecule has 2 rings (SSSR count). The zero-order valence-electron chi connectivity index (χ0n) is 13.4. The molecule has 0 amide bonds. The number of hydrogen-bond donors (Lipinski definition) is 2. The number of nitrogens with zero attached hydrogens (tertiary/aromatic N) is 3. The molecule has 0 spiro atoms. The van der Waals surface area contributed by atoms with Gasteiger partial charge in [-0.2, -0.15) is 5.10 Å². The van der Waals surface area contributed by atoms with Crippen molar-refractivity contribution in [3.8, 4) is 0 Å². The van der Waals surface area contributed by atoms with Gasteiger partial charge in [0.2, 0.25) is 10.0 Å². The van der Waals surface area contributed by atoms with Gasteiger partial charge in [-0.3, -0.25) is 0 Å². The van der Waals surface area contributed by atoms with Gasteiger partial charge < -0.3 is 10.2 Å². The first kappa shape index (κ1) is 17.2. The van der Waals surface area contributed by atoms with Crippen LogP contribution in [-0.2, 0) is 10.0 Å². The molecule has 0 fully saturated rings. The fourth-order valence-electron chi connectivity index (χ4n) is 1.93. The Balaban J connectivity index is 1.89. The SMILES string of the molecule is Cc1cccc(S(=O)(=O)NCCNc2cc(N(C)C)cnn2)c1. The molecule has 2 N–H and O–H groups in total. The summed E-state index contributed by atoms with van der Waals surface area (Å²) in [5.41, 5.74) is 1.82. The molecule has 1 aromatic heterocycles. The van der Waals surface area contributed by atoms with E-state index in [2.05, 4.69) is 20.2 Å². The Labute approximate surface area is 136 Å². The molecule has 0 aliphatic rings. The van der Waals surface area contributed by atoms with Crippen molar-refractivity contribution in [3.63, 3.8) is 0 Å². The molecule has 2 aromatic rings. The van der Waals surface area contributed by atoms with Crippen molar-refractivity contribution >= 4 is 21.5 Å². The van der Waals surface area contributed by atoms with E-state index in [1.807, 2.05) is 38.1 Å². The van der Waals surface area contributed by atoms with Crippen LogP contribution in [0.25, 0.3) is 0 Å². The quantitative estimate of drug-likeness (QED) is 0.740. The summed E-state index contributed by atoms with van der Waals surface area (Å²) in [7, 11) is 0.334. The van der Waals surface area contributed by atoms with Crippen molar-refractivity contribution in [2.24, 2.45) is 0 Å². The molecule has 124 valence electrons. The molecule has 0 unspecified atom stereocenters. The van der Waals surface area contributed by atoms with Gasteiger partial charge in [-0.15, -0.1) is 5.10 Å². The first-order valence-electron chi connectivity index (χ1n) is 7.19. The third-order valence-electron chi connectivity index (χ3n) is 3.18. The molecule has 0 bridgehead atoms. The monoisotopic (exact) mass is 335 g/mol. The highest BCUT2D eigenvalue weighted by molar-refractivity contribution is 7.89. The van der Waals surface area contributed by atoms with Crippen molar-refractivity contribution in [2.45, 2.75) is 11.8 Å². The average Bonchev–Trinajstić information content (AvgIpc) is 2.52. The van der Waals surface area contributed by atoms with Crippen LogP contribution in [0, 0.1) is 6.92 Å². The number of anilines is 2. The molecular formula is C15H21N5O2S. The number of rotatable bonds is 7. The highest BCUT2D eigenvalue weighted by Crippen LogP contribution is 2.12. The van der Waals surface area contributed by atoms with Crippen molar-refractivity contribution < 1.29 is 8.42 Å². The number of sulfonamides is 1. The lowest BCUT2D eigenvalue weighted by atomic mass is 10.2. The van der Waals surface area contributed by atoms with Gasteiger partial charge >= 0.3 is 0 Å². The van der Waals surface area contributed by atoms with E-state index in [9.17, 15) is 8.42 Å². The van der Waals surface area contributed by atoms with E-state index in [0.29, 0.717) is 12.4 Å². The van der Waals surface area contributed by atoms with Crippen LogP contribution >= 0.6 is 0 Å². The highest BCUT2D eigenvalue weighted by atomic mass is 32.2. The Bertz CT molecular complexity index is 762. The minimum atomic E-state index is -3.49. The standard InChI is InChI=1S/C15H21N5O2S/c1-12-5-4-6-14(9-12)23(21,22)18-8-7-16-15-10-13(20(2)3)11-17-19-15/h4-6,9-11,18H,7-8H2,1-3H3,(H,16,19). The molecule has 8 heteroatoms. The predicted octanol–water partition coefficient (Wildman–Crippen LogP) is 1.24. The first-order valence-corrected chi connectivity index (χ1v) is 8.67. The molecule has 1 heterocycles. The third kappa shape index (κ3) is 4.90. The van der Waals surface area contributed by atoms with Crippen molar-refractivity contribution in [1.82, 2.24) is 14.9 Å². The summed E-state index contributed by atoms with van der Waals surface area (Å²) in [5, 5.41) is 10.9. The summed E-state index contributed by atoms with van der Waals surface area (Å²) in [6.45, 7) is 2.53. The zero-order chi connectivity index (χ0) is 16.9. The Morgan fingerprint density at radius 2 is 1.96 bits per heavy atom. The van der Waals surface area contributed by atoms with Crippen molar-refractivity contribution in [1.29, 1.82) is 0 Å². The van der Waals surface area contributed by atoms with Gasteiger partial charge in [-0.05, 0) is 24.6 Å². The van der Waals surface area contributed by atoms with Crippen LogP contribution in [0.15, 0.2) is 41.4 Å². The Kier molecular flexibility index (Phi) is 5.51. The van der Waals surface area contributed by atoms with Crippen LogP contribution in [0.3, 0.4) is 0 Å². The third-order valence-corrected chi connectivity index (χ3v) is 4.64.